The molecule has 0 amide bonds. The number of hydrogen-bond donors (Lipinski definition) is 0. The van der Waals surface area contributed by atoms with Gasteiger partial charge in [0, 0.05) is 8.95 Å². The fraction of sp³-hybridized carbons (Fsp3) is 0.200. The van der Waals surface area contributed by atoms with Crippen LogP contribution < -0.4 is 0 Å². The van der Waals surface area contributed by atoms with E-state index in [2.05, 4.69) is 70.0 Å². The molecule has 2 aromatic rings. The van der Waals surface area contributed by atoms with E-state index in [-0.39, 0.29) is 5.38 Å². The van der Waals surface area contributed by atoms with Crippen LogP contribution >= 0.6 is 43.5 Å². The average molecular weight is 389 g/mol. The summed E-state index contributed by atoms with van der Waals surface area (Å²) >= 11 is 13.6. The maximum atomic E-state index is 6.58. The number of rotatable bonds is 2. The van der Waals surface area contributed by atoms with Gasteiger partial charge in [0.25, 0.3) is 0 Å². The van der Waals surface area contributed by atoms with E-state index in [1.54, 1.807) is 0 Å². The highest BCUT2D eigenvalue weighted by molar-refractivity contribution is 9.11. The lowest BCUT2D eigenvalue weighted by atomic mass is 10.00. The number of halogens is 3. The smallest absolute Gasteiger partial charge is 0.0846 e. The molecule has 0 aliphatic heterocycles. The molecule has 0 radical (unpaired) electrons. The summed E-state index contributed by atoms with van der Waals surface area (Å²) in [4.78, 5) is 0. The summed E-state index contributed by atoms with van der Waals surface area (Å²) in [6, 6.07) is 12.4. The van der Waals surface area contributed by atoms with Crippen molar-refractivity contribution in [1.82, 2.24) is 0 Å². The third-order valence-corrected chi connectivity index (χ3v) is 4.76. The summed E-state index contributed by atoms with van der Waals surface area (Å²) in [6.07, 6.45) is 0. The first kappa shape index (κ1) is 14.1. The van der Waals surface area contributed by atoms with Gasteiger partial charge in [0.15, 0.2) is 0 Å². The predicted octanol–water partition coefficient (Wildman–Crippen LogP) is 6.16. The summed E-state index contributed by atoms with van der Waals surface area (Å²) in [6.45, 7) is 4.22. The second-order valence-electron chi connectivity index (χ2n) is 4.37. The fourth-order valence-corrected chi connectivity index (χ4v) is 3.11. The number of alkyl halides is 1. The zero-order valence-electron chi connectivity index (χ0n) is 10.2. The predicted molar refractivity (Wildman–Crippen MR) is 85.5 cm³/mol. The number of benzene rings is 2. The largest absolute Gasteiger partial charge is 0.113 e. The zero-order valence-corrected chi connectivity index (χ0v) is 14.1. The van der Waals surface area contributed by atoms with Crippen molar-refractivity contribution >= 4 is 43.5 Å². The van der Waals surface area contributed by atoms with E-state index in [1.165, 1.54) is 11.1 Å². The van der Waals surface area contributed by atoms with Gasteiger partial charge in [0.2, 0.25) is 0 Å². The van der Waals surface area contributed by atoms with Crippen LogP contribution in [0.5, 0.6) is 0 Å². The van der Waals surface area contributed by atoms with E-state index >= 15 is 0 Å². The molecule has 0 saturated heterocycles. The van der Waals surface area contributed by atoms with Gasteiger partial charge in [-0.25, -0.2) is 0 Å². The van der Waals surface area contributed by atoms with Crippen LogP contribution in [-0.4, -0.2) is 0 Å². The van der Waals surface area contributed by atoms with Gasteiger partial charge in [-0.2, -0.15) is 0 Å². The summed E-state index contributed by atoms with van der Waals surface area (Å²) < 4.78 is 2.07. The van der Waals surface area contributed by atoms with Crippen molar-refractivity contribution in [3.8, 4) is 0 Å². The molecule has 1 atom stereocenters. The molecule has 0 aromatic heterocycles. The number of aryl methyl sites for hydroxylation is 2. The Balaban J connectivity index is 2.44. The van der Waals surface area contributed by atoms with Gasteiger partial charge >= 0.3 is 0 Å². The van der Waals surface area contributed by atoms with Crippen molar-refractivity contribution in [3.63, 3.8) is 0 Å². The zero-order chi connectivity index (χ0) is 13.3. The molecule has 0 nitrogen and oxygen atoms in total. The van der Waals surface area contributed by atoms with Gasteiger partial charge < -0.3 is 0 Å². The Labute approximate surface area is 130 Å². The lowest BCUT2D eigenvalue weighted by Crippen LogP contribution is -1.96. The molecular formula is C15H13Br2Cl. The molecule has 0 fully saturated rings. The molecule has 0 spiro atoms. The Morgan fingerprint density at radius 3 is 2.33 bits per heavy atom. The molecule has 94 valence electrons. The van der Waals surface area contributed by atoms with Gasteiger partial charge in [0.1, 0.15) is 0 Å². The van der Waals surface area contributed by atoms with Crippen molar-refractivity contribution in [3.05, 3.63) is 67.6 Å². The molecule has 0 aliphatic carbocycles. The Morgan fingerprint density at radius 1 is 0.944 bits per heavy atom. The van der Waals surface area contributed by atoms with E-state index in [0.29, 0.717) is 0 Å². The summed E-state index contributed by atoms with van der Waals surface area (Å²) in [5, 5.41) is -0.142. The lowest BCUT2D eigenvalue weighted by Gasteiger charge is -2.14. The van der Waals surface area contributed by atoms with Crippen molar-refractivity contribution < 1.29 is 0 Å². The lowest BCUT2D eigenvalue weighted by molar-refractivity contribution is 1.11. The summed E-state index contributed by atoms with van der Waals surface area (Å²) in [5.41, 5.74) is 4.76. The Morgan fingerprint density at radius 2 is 1.67 bits per heavy atom. The summed E-state index contributed by atoms with van der Waals surface area (Å²) in [5.74, 6) is 0. The third kappa shape index (κ3) is 2.98. The van der Waals surface area contributed by atoms with Crippen molar-refractivity contribution in [2.45, 2.75) is 19.2 Å². The van der Waals surface area contributed by atoms with Gasteiger partial charge in [-0.05, 0) is 54.3 Å². The SMILES string of the molecule is Cc1ccc(C(Cl)c2cc(Br)ccc2Br)cc1C. The highest BCUT2D eigenvalue weighted by Crippen LogP contribution is 2.35. The monoisotopic (exact) mass is 386 g/mol. The van der Waals surface area contributed by atoms with Gasteiger partial charge in [0.05, 0.1) is 5.38 Å². The highest BCUT2D eigenvalue weighted by Gasteiger charge is 2.14. The molecule has 0 aliphatic rings. The second-order valence-corrected chi connectivity index (χ2v) is 6.58. The van der Waals surface area contributed by atoms with Crippen molar-refractivity contribution in [2.24, 2.45) is 0 Å². The maximum absolute atomic E-state index is 6.58. The molecule has 0 N–H and O–H groups in total. The van der Waals surface area contributed by atoms with E-state index in [0.717, 1.165) is 20.1 Å². The maximum Gasteiger partial charge on any atom is 0.0846 e. The van der Waals surface area contributed by atoms with Crippen LogP contribution in [0.25, 0.3) is 0 Å². The molecule has 0 saturated carbocycles. The van der Waals surface area contributed by atoms with Crippen molar-refractivity contribution in [1.29, 1.82) is 0 Å². The first-order valence-corrected chi connectivity index (χ1v) is 7.67. The topological polar surface area (TPSA) is 0 Å². The standard InChI is InChI=1S/C15H13Br2Cl/c1-9-3-4-11(7-10(9)2)15(18)13-8-12(16)5-6-14(13)17/h3-8,15H,1-2H3. The molecule has 3 heteroatoms. The van der Waals surface area contributed by atoms with E-state index in [4.69, 9.17) is 11.6 Å². The van der Waals surface area contributed by atoms with E-state index in [1.807, 2.05) is 12.1 Å². The van der Waals surface area contributed by atoms with Crippen LogP contribution in [0.4, 0.5) is 0 Å². The molecule has 0 bridgehead atoms. The van der Waals surface area contributed by atoms with Gasteiger partial charge in [-0.3, -0.25) is 0 Å². The molecule has 2 aromatic carbocycles. The molecule has 18 heavy (non-hydrogen) atoms. The first-order valence-electron chi connectivity index (χ1n) is 5.65. The van der Waals surface area contributed by atoms with Crippen LogP contribution in [0.2, 0.25) is 0 Å². The van der Waals surface area contributed by atoms with E-state index < -0.39 is 0 Å². The van der Waals surface area contributed by atoms with Crippen molar-refractivity contribution in [2.75, 3.05) is 0 Å². The minimum absolute atomic E-state index is 0.142. The van der Waals surface area contributed by atoms with Gasteiger partial charge in [-0.15, -0.1) is 11.6 Å². The van der Waals surface area contributed by atoms with Gasteiger partial charge in [-0.1, -0.05) is 50.1 Å². The normalized spacial score (nSPS) is 12.5. The minimum Gasteiger partial charge on any atom is -0.113 e. The van der Waals surface area contributed by atoms with Crippen LogP contribution in [0.3, 0.4) is 0 Å². The number of hydrogen-bond acceptors (Lipinski definition) is 0. The fourth-order valence-electron chi connectivity index (χ4n) is 1.81. The quantitative estimate of drug-likeness (QED) is 0.541. The van der Waals surface area contributed by atoms with Crippen LogP contribution in [-0.2, 0) is 0 Å². The van der Waals surface area contributed by atoms with Crippen LogP contribution in [0.1, 0.15) is 27.6 Å². The van der Waals surface area contributed by atoms with Crippen LogP contribution in [0, 0.1) is 13.8 Å². The Bertz CT molecular complexity index is 579. The average Bonchev–Trinajstić information content (AvgIpc) is 2.35. The molecule has 0 heterocycles. The third-order valence-electron chi connectivity index (χ3n) is 3.05. The van der Waals surface area contributed by atoms with Crippen LogP contribution in [0.15, 0.2) is 45.3 Å². The second kappa shape index (κ2) is 5.77. The Hall–Kier alpha value is -0.310. The highest BCUT2D eigenvalue weighted by atomic mass is 79.9. The summed E-state index contributed by atoms with van der Waals surface area (Å²) in [7, 11) is 0. The van der Waals surface area contributed by atoms with E-state index in [9.17, 15) is 0 Å². The molecular weight excluding hydrogens is 375 g/mol. The minimum atomic E-state index is -0.142. The molecule has 2 rings (SSSR count). The first-order chi connectivity index (χ1) is 8.49. The Kier molecular flexibility index (Phi) is 4.52. The molecule has 1 unspecified atom stereocenters.